The summed E-state index contributed by atoms with van der Waals surface area (Å²) in [5.74, 6) is 0. The fraction of sp³-hybridized carbons (Fsp3) is 0.273. The molecule has 1 aromatic carbocycles. The van der Waals surface area contributed by atoms with E-state index in [1.165, 1.54) is 0 Å². The van der Waals surface area contributed by atoms with Crippen molar-refractivity contribution in [3.63, 3.8) is 0 Å². The number of hydrogen-bond acceptors (Lipinski definition) is 2. The highest BCUT2D eigenvalue weighted by Gasteiger charge is 2.22. The van der Waals surface area contributed by atoms with Gasteiger partial charge in [-0.1, -0.05) is 49.4 Å². The Morgan fingerprint density at radius 3 is 2.25 bits per heavy atom. The predicted octanol–water partition coefficient (Wildman–Crippen LogP) is 3.24. The molecule has 3 nitrogen and oxygen atoms in total. The average molecular weight is 261 g/mol. The maximum atomic E-state index is 11.1. The lowest BCUT2D eigenvalue weighted by Crippen LogP contribution is -2.11. The van der Waals surface area contributed by atoms with E-state index in [4.69, 9.17) is 16.2 Å². The van der Waals surface area contributed by atoms with E-state index in [0.717, 1.165) is 5.56 Å². The summed E-state index contributed by atoms with van der Waals surface area (Å²) in [7, 11) is -4.06. The lowest BCUT2D eigenvalue weighted by molar-refractivity contribution is 0.466. The van der Waals surface area contributed by atoms with E-state index in [1.54, 1.807) is 31.2 Å². The summed E-state index contributed by atoms with van der Waals surface area (Å²) in [4.78, 5) is 0. The first-order chi connectivity index (χ1) is 7.36. The van der Waals surface area contributed by atoms with Gasteiger partial charge in [-0.05, 0) is 17.5 Å². The third-order valence-corrected chi connectivity index (χ3v) is 3.87. The molecule has 0 aromatic heterocycles. The second-order valence-electron chi connectivity index (χ2n) is 3.44. The van der Waals surface area contributed by atoms with Gasteiger partial charge in [-0.3, -0.25) is 4.55 Å². The first kappa shape index (κ1) is 13.2. The minimum absolute atomic E-state index is 0.319. The summed E-state index contributed by atoms with van der Waals surface area (Å²) in [6.45, 7) is 5.27. The molecule has 0 radical (unpaired) electrons. The quantitative estimate of drug-likeness (QED) is 0.846. The van der Waals surface area contributed by atoms with Crippen LogP contribution in [0.15, 0.2) is 30.8 Å². The molecule has 0 saturated heterocycles. The summed E-state index contributed by atoms with van der Waals surface area (Å²) in [6.07, 6.45) is 0.319. The minimum atomic E-state index is -4.06. The molecule has 0 aliphatic carbocycles. The van der Waals surface area contributed by atoms with Gasteiger partial charge >= 0.3 is 0 Å². The Hall–Kier alpha value is -0.840. The Labute approximate surface area is 100 Å². The normalized spacial score (nSPS) is 13.4. The summed E-state index contributed by atoms with van der Waals surface area (Å²) >= 11 is 5.70. The van der Waals surface area contributed by atoms with Crippen LogP contribution in [0.4, 0.5) is 0 Å². The van der Waals surface area contributed by atoms with Gasteiger partial charge in [0.2, 0.25) is 0 Å². The monoisotopic (exact) mass is 260 g/mol. The van der Waals surface area contributed by atoms with E-state index in [0.29, 0.717) is 17.0 Å². The van der Waals surface area contributed by atoms with Gasteiger partial charge in [-0.2, -0.15) is 8.42 Å². The van der Waals surface area contributed by atoms with E-state index in [9.17, 15) is 8.42 Å². The first-order valence-electron chi connectivity index (χ1n) is 4.77. The van der Waals surface area contributed by atoms with Crippen molar-refractivity contribution in [1.29, 1.82) is 0 Å². The predicted molar refractivity (Wildman–Crippen MR) is 65.9 cm³/mol. The fourth-order valence-corrected chi connectivity index (χ4v) is 2.55. The number of halogens is 1. The van der Waals surface area contributed by atoms with Crippen LogP contribution in [0.5, 0.6) is 0 Å². The van der Waals surface area contributed by atoms with Gasteiger partial charge in [0.25, 0.3) is 10.1 Å². The van der Waals surface area contributed by atoms with Gasteiger partial charge in [0, 0.05) is 5.03 Å². The average Bonchev–Trinajstić information content (AvgIpc) is 2.17. The Bertz CT molecular complexity index is 476. The zero-order valence-electron chi connectivity index (χ0n) is 8.85. The SMILES string of the molecule is C=C(Cl)c1ccc(C(CC)S(=O)(=O)O)cc1. The third-order valence-electron chi connectivity index (χ3n) is 2.33. The molecule has 0 aliphatic rings. The highest BCUT2D eigenvalue weighted by atomic mass is 35.5. The lowest BCUT2D eigenvalue weighted by Gasteiger charge is -2.12. The molecule has 1 aromatic rings. The van der Waals surface area contributed by atoms with E-state index in [2.05, 4.69) is 6.58 Å². The van der Waals surface area contributed by atoms with Crippen LogP contribution < -0.4 is 0 Å². The second kappa shape index (κ2) is 4.99. The van der Waals surface area contributed by atoms with Crippen LogP contribution in [0.1, 0.15) is 29.7 Å². The maximum Gasteiger partial charge on any atom is 0.271 e. The van der Waals surface area contributed by atoms with Crippen molar-refractivity contribution in [2.75, 3.05) is 0 Å². The van der Waals surface area contributed by atoms with Crippen molar-refractivity contribution in [3.8, 4) is 0 Å². The Balaban J connectivity index is 3.10. The van der Waals surface area contributed by atoms with Crippen LogP contribution in [0, 0.1) is 0 Å². The van der Waals surface area contributed by atoms with Crippen LogP contribution in [0.25, 0.3) is 5.03 Å². The van der Waals surface area contributed by atoms with Crippen LogP contribution >= 0.6 is 11.6 Å². The van der Waals surface area contributed by atoms with Gasteiger partial charge in [-0.25, -0.2) is 0 Å². The Kier molecular flexibility index (Phi) is 4.13. The molecule has 0 heterocycles. The highest BCUT2D eigenvalue weighted by Crippen LogP contribution is 2.26. The summed E-state index contributed by atoms with van der Waals surface area (Å²) in [6, 6.07) is 6.62. The zero-order chi connectivity index (χ0) is 12.3. The molecule has 0 saturated carbocycles. The Morgan fingerprint density at radius 2 is 1.94 bits per heavy atom. The second-order valence-corrected chi connectivity index (χ2v) is 5.49. The summed E-state index contributed by atoms with van der Waals surface area (Å²) < 4.78 is 31.2. The third kappa shape index (κ3) is 3.07. The highest BCUT2D eigenvalue weighted by molar-refractivity contribution is 7.86. The molecular weight excluding hydrogens is 248 g/mol. The van der Waals surface area contributed by atoms with Crippen LogP contribution in [-0.4, -0.2) is 13.0 Å². The van der Waals surface area contributed by atoms with E-state index in [-0.39, 0.29) is 0 Å². The Morgan fingerprint density at radius 1 is 1.44 bits per heavy atom. The smallest absolute Gasteiger partial charge is 0.271 e. The maximum absolute atomic E-state index is 11.1. The lowest BCUT2D eigenvalue weighted by atomic mass is 10.1. The molecule has 0 amide bonds. The molecule has 5 heteroatoms. The number of rotatable bonds is 4. The summed E-state index contributed by atoms with van der Waals surface area (Å²) in [5, 5.41) is -0.489. The van der Waals surface area contributed by atoms with Crippen molar-refractivity contribution < 1.29 is 13.0 Å². The van der Waals surface area contributed by atoms with Crippen LogP contribution in [0.2, 0.25) is 0 Å². The summed E-state index contributed by atoms with van der Waals surface area (Å²) in [5.41, 5.74) is 1.28. The molecule has 1 unspecified atom stereocenters. The molecule has 1 atom stereocenters. The van der Waals surface area contributed by atoms with Gasteiger partial charge < -0.3 is 0 Å². The molecule has 0 aliphatic heterocycles. The van der Waals surface area contributed by atoms with Gasteiger partial charge in [0.15, 0.2) is 0 Å². The van der Waals surface area contributed by atoms with Gasteiger partial charge in [0.1, 0.15) is 5.25 Å². The topological polar surface area (TPSA) is 54.4 Å². The van der Waals surface area contributed by atoms with Gasteiger partial charge in [-0.15, -0.1) is 0 Å². The minimum Gasteiger partial charge on any atom is -0.285 e. The first-order valence-corrected chi connectivity index (χ1v) is 6.65. The van der Waals surface area contributed by atoms with E-state index < -0.39 is 15.4 Å². The molecule has 1 rings (SSSR count). The van der Waals surface area contributed by atoms with Crippen LogP contribution in [-0.2, 0) is 10.1 Å². The van der Waals surface area contributed by atoms with E-state index >= 15 is 0 Å². The number of benzene rings is 1. The van der Waals surface area contributed by atoms with Crippen LogP contribution in [0.3, 0.4) is 0 Å². The van der Waals surface area contributed by atoms with Crippen molar-refractivity contribution in [2.45, 2.75) is 18.6 Å². The fourth-order valence-electron chi connectivity index (χ4n) is 1.50. The van der Waals surface area contributed by atoms with Crippen molar-refractivity contribution in [3.05, 3.63) is 42.0 Å². The van der Waals surface area contributed by atoms with Gasteiger partial charge in [0.05, 0.1) is 0 Å². The molecular formula is C11H13ClO3S. The van der Waals surface area contributed by atoms with Crippen molar-refractivity contribution >= 4 is 26.8 Å². The largest absolute Gasteiger partial charge is 0.285 e. The number of hydrogen-bond donors (Lipinski definition) is 1. The van der Waals surface area contributed by atoms with E-state index in [1.807, 2.05) is 0 Å². The molecule has 88 valence electrons. The molecule has 0 spiro atoms. The molecule has 0 fully saturated rings. The van der Waals surface area contributed by atoms with Crippen molar-refractivity contribution in [2.24, 2.45) is 0 Å². The standard InChI is InChI=1S/C11H13ClO3S/c1-3-11(16(13,14)15)10-6-4-9(5-7-10)8(2)12/h4-7,11H,2-3H2,1H3,(H,13,14,15). The zero-order valence-corrected chi connectivity index (χ0v) is 10.4. The molecule has 1 N–H and O–H groups in total. The van der Waals surface area contributed by atoms with Crippen molar-refractivity contribution in [1.82, 2.24) is 0 Å². The molecule has 16 heavy (non-hydrogen) atoms. The molecule has 0 bridgehead atoms.